The first kappa shape index (κ1) is 10.4. The number of nitro benzene ring substituents is 1. The van der Waals surface area contributed by atoms with Crippen molar-refractivity contribution in [3.05, 3.63) is 39.4 Å². The molecule has 0 aliphatic carbocycles. The molecular weight excluding hydrogens is 182 g/mol. The number of hydrogen-bond acceptors (Lipinski definition) is 3. The van der Waals surface area contributed by atoms with Gasteiger partial charge in [-0.25, -0.2) is 0 Å². The summed E-state index contributed by atoms with van der Waals surface area (Å²) in [6.45, 7) is 3.49. The number of carbonyl (C=O) groups is 1. The van der Waals surface area contributed by atoms with Crippen molar-refractivity contribution in [2.75, 3.05) is 0 Å². The lowest BCUT2D eigenvalue weighted by Gasteiger charge is -2.04. The largest absolute Gasteiger partial charge is 0.303 e. The minimum atomic E-state index is -0.450. The molecule has 74 valence electrons. The second-order valence-electron chi connectivity index (χ2n) is 3.28. The van der Waals surface area contributed by atoms with E-state index in [9.17, 15) is 14.9 Å². The summed E-state index contributed by atoms with van der Waals surface area (Å²) >= 11 is 0. The molecule has 0 heterocycles. The van der Waals surface area contributed by atoms with Crippen LogP contribution in [0.1, 0.15) is 24.0 Å². The molecule has 0 saturated carbocycles. The van der Waals surface area contributed by atoms with Gasteiger partial charge in [-0.05, 0) is 18.1 Å². The Morgan fingerprint density at radius 2 is 2.07 bits per heavy atom. The lowest BCUT2D eigenvalue weighted by Crippen LogP contribution is -1.97. The topological polar surface area (TPSA) is 60.2 Å². The van der Waals surface area contributed by atoms with Crippen LogP contribution in [0.2, 0.25) is 0 Å². The monoisotopic (exact) mass is 193 g/mol. The van der Waals surface area contributed by atoms with Crippen LogP contribution in [0.25, 0.3) is 0 Å². The van der Waals surface area contributed by atoms with E-state index in [0.717, 1.165) is 11.8 Å². The molecule has 4 nitrogen and oxygen atoms in total. The number of rotatable bonds is 3. The zero-order chi connectivity index (χ0) is 10.7. The number of nitrogens with zero attached hydrogens (tertiary/aromatic N) is 1. The number of nitro groups is 1. The average molecular weight is 193 g/mol. The van der Waals surface area contributed by atoms with Crippen LogP contribution < -0.4 is 0 Å². The van der Waals surface area contributed by atoms with Gasteiger partial charge in [0, 0.05) is 18.1 Å². The van der Waals surface area contributed by atoms with Crippen LogP contribution in [0.5, 0.6) is 0 Å². The van der Waals surface area contributed by atoms with Crippen LogP contribution in [0.15, 0.2) is 18.2 Å². The Bertz CT molecular complexity index is 374. The van der Waals surface area contributed by atoms with E-state index in [4.69, 9.17) is 0 Å². The number of aldehydes is 1. The fraction of sp³-hybridized carbons (Fsp3) is 0.300. The van der Waals surface area contributed by atoms with E-state index in [-0.39, 0.29) is 11.6 Å². The summed E-state index contributed by atoms with van der Waals surface area (Å²) in [5, 5.41) is 10.5. The van der Waals surface area contributed by atoms with Crippen LogP contribution in [0.4, 0.5) is 5.69 Å². The number of non-ortho nitro benzene ring substituents is 1. The summed E-state index contributed by atoms with van der Waals surface area (Å²) in [5.41, 5.74) is 1.52. The molecule has 0 aliphatic heterocycles. The van der Waals surface area contributed by atoms with E-state index in [0.29, 0.717) is 5.56 Å². The Balaban J connectivity index is 3.19. The van der Waals surface area contributed by atoms with Crippen molar-refractivity contribution in [3.8, 4) is 0 Å². The molecule has 14 heavy (non-hydrogen) atoms. The van der Waals surface area contributed by atoms with Gasteiger partial charge in [0.25, 0.3) is 5.69 Å². The maximum atomic E-state index is 10.5. The number of benzene rings is 1. The van der Waals surface area contributed by atoms with Crippen molar-refractivity contribution >= 4 is 12.0 Å². The molecule has 0 N–H and O–H groups in total. The Labute approximate surface area is 81.7 Å². The van der Waals surface area contributed by atoms with Gasteiger partial charge in [-0.15, -0.1) is 0 Å². The van der Waals surface area contributed by atoms with Crippen molar-refractivity contribution in [1.82, 2.24) is 0 Å². The molecule has 0 aromatic heterocycles. The van der Waals surface area contributed by atoms with Crippen LogP contribution >= 0.6 is 0 Å². The van der Waals surface area contributed by atoms with Gasteiger partial charge in [0.05, 0.1) is 4.92 Å². The summed E-state index contributed by atoms with van der Waals surface area (Å²) in [4.78, 5) is 20.6. The van der Waals surface area contributed by atoms with E-state index >= 15 is 0 Å². The van der Waals surface area contributed by atoms with Crippen molar-refractivity contribution < 1.29 is 9.72 Å². The predicted molar refractivity (Wildman–Crippen MR) is 52.3 cm³/mol. The van der Waals surface area contributed by atoms with Crippen LogP contribution in [0, 0.1) is 17.0 Å². The van der Waals surface area contributed by atoms with E-state index in [1.54, 1.807) is 19.9 Å². The zero-order valence-electron chi connectivity index (χ0n) is 8.06. The molecule has 0 bridgehead atoms. The minimum Gasteiger partial charge on any atom is -0.303 e. The second-order valence-corrected chi connectivity index (χ2v) is 3.28. The molecular formula is C10H11NO3. The highest BCUT2D eigenvalue weighted by Gasteiger charge is 2.11. The molecule has 0 radical (unpaired) electrons. The van der Waals surface area contributed by atoms with E-state index in [1.165, 1.54) is 12.1 Å². The molecule has 0 amide bonds. The Morgan fingerprint density at radius 3 is 2.57 bits per heavy atom. The lowest BCUT2D eigenvalue weighted by molar-refractivity contribution is -0.385. The third kappa shape index (κ3) is 2.16. The van der Waals surface area contributed by atoms with Gasteiger partial charge >= 0.3 is 0 Å². The van der Waals surface area contributed by atoms with Crippen molar-refractivity contribution in [2.24, 2.45) is 0 Å². The molecule has 1 atom stereocenters. The predicted octanol–water partition coefficient (Wildman–Crippen LogP) is 2.21. The first-order valence-corrected chi connectivity index (χ1v) is 4.26. The SMILES string of the molecule is Cc1cc(C(C)C=O)cc([N+](=O)[O-])c1. The summed E-state index contributed by atoms with van der Waals surface area (Å²) < 4.78 is 0. The van der Waals surface area contributed by atoms with Crippen molar-refractivity contribution in [2.45, 2.75) is 19.8 Å². The maximum Gasteiger partial charge on any atom is 0.269 e. The first-order chi connectivity index (χ1) is 6.54. The van der Waals surface area contributed by atoms with E-state index in [1.807, 2.05) is 0 Å². The maximum absolute atomic E-state index is 10.5. The summed E-state index contributed by atoms with van der Waals surface area (Å²) in [7, 11) is 0. The lowest BCUT2D eigenvalue weighted by atomic mass is 10.00. The zero-order valence-corrected chi connectivity index (χ0v) is 8.06. The fourth-order valence-corrected chi connectivity index (χ4v) is 1.24. The first-order valence-electron chi connectivity index (χ1n) is 4.26. The third-order valence-corrected chi connectivity index (χ3v) is 2.03. The van der Waals surface area contributed by atoms with Crippen molar-refractivity contribution in [3.63, 3.8) is 0 Å². The number of aryl methyl sites for hydroxylation is 1. The number of hydrogen-bond donors (Lipinski definition) is 0. The molecule has 1 aromatic rings. The normalized spacial score (nSPS) is 12.1. The van der Waals surface area contributed by atoms with Gasteiger partial charge in [-0.2, -0.15) is 0 Å². The van der Waals surface area contributed by atoms with Crippen molar-refractivity contribution in [1.29, 1.82) is 0 Å². The second kappa shape index (κ2) is 4.00. The van der Waals surface area contributed by atoms with Gasteiger partial charge < -0.3 is 4.79 Å². The molecule has 1 rings (SSSR count). The van der Waals surface area contributed by atoms with Gasteiger partial charge in [-0.1, -0.05) is 13.0 Å². The molecule has 0 spiro atoms. The summed E-state index contributed by atoms with van der Waals surface area (Å²) in [6, 6.07) is 4.71. The Kier molecular flexibility index (Phi) is 2.96. The van der Waals surface area contributed by atoms with E-state index < -0.39 is 4.92 Å². The highest BCUT2D eigenvalue weighted by atomic mass is 16.6. The van der Waals surface area contributed by atoms with E-state index in [2.05, 4.69) is 0 Å². The molecule has 0 aliphatic rings. The molecule has 4 heteroatoms. The van der Waals surface area contributed by atoms with Gasteiger partial charge in [-0.3, -0.25) is 10.1 Å². The third-order valence-electron chi connectivity index (χ3n) is 2.03. The fourth-order valence-electron chi connectivity index (χ4n) is 1.24. The summed E-state index contributed by atoms with van der Waals surface area (Å²) in [6.07, 6.45) is 0.776. The highest BCUT2D eigenvalue weighted by molar-refractivity contribution is 5.62. The van der Waals surface area contributed by atoms with Gasteiger partial charge in [0.15, 0.2) is 0 Å². The number of carbonyl (C=O) groups excluding carboxylic acids is 1. The quantitative estimate of drug-likeness (QED) is 0.420. The Hall–Kier alpha value is -1.71. The van der Waals surface area contributed by atoms with Gasteiger partial charge in [0.2, 0.25) is 0 Å². The standard InChI is InChI=1S/C10H11NO3/c1-7-3-9(8(2)6-12)5-10(4-7)11(13)14/h3-6,8H,1-2H3. The highest BCUT2D eigenvalue weighted by Crippen LogP contribution is 2.21. The Morgan fingerprint density at radius 1 is 1.43 bits per heavy atom. The molecule has 0 saturated heterocycles. The van der Waals surface area contributed by atoms with Crippen LogP contribution in [-0.4, -0.2) is 11.2 Å². The van der Waals surface area contributed by atoms with Crippen LogP contribution in [0.3, 0.4) is 0 Å². The molecule has 1 unspecified atom stereocenters. The van der Waals surface area contributed by atoms with Crippen LogP contribution in [-0.2, 0) is 4.79 Å². The average Bonchev–Trinajstić information content (AvgIpc) is 2.15. The summed E-state index contributed by atoms with van der Waals surface area (Å²) in [5.74, 6) is -0.298. The van der Waals surface area contributed by atoms with Gasteiger partial charge in [0.1, 0.15) is 6.29 Å². The molecule has 1 aromatic carbocycles. The smallest absolute Gasteiger partial charge is 0.269 e. The molecule has 0 fully saturated rings. The minimum absolute atomic E-state index is 0.0358.